The Morgan fingerprint density at radius 2 is 2.31 bits per heavy atom. The zero-order chi connectivity index (χ0) is 12.0. The van der Waals surface area contributed by atoms with Crippen molar-refractivity contribution in [3.8, 4) is 0 Å². The summed E-state index contributed by atoms with van der Waals surface area (Å²) in [7, 11) is 4.18. The normalized spacial score (nSPS) is 13.3. The minimum absolute atomic E-state index is 0.693. The third kappa shape index (κ3) is 4.33. The molecule has 0 spiro atoms. The fourth-order valence-electron chi connectivity index (χ4n) is 1.95. The van der Waals surface area contributed by atoms with Gasteiger partial charge in [0.05, 0.1) is 0 Å². The molecule has 1 N–H and O–H groups in total. The summed E-state index contributed by atoms with van der Waals surface area (Å²) < 4.78 is 2.19. The van der Waals surface area contributed by atoms with Crippen molar-refractivity contribution in [1.29, 1.82) is 0 Å². The summed E-state index contributed by atoms with van der Waals surface area (Å²) in [6, 6.07) is 0. The lowest BCUT2D eigenvalue weighted by molar-refractivity contribution is 0.272. The van der Waals surface area contributed by atoms with Gasteiger partial charge in [-0.2, -0.15) is 0 Å². The van der Waals surface area contributed by atoms with Gasteiger partial charge in [0.15, 0.2) is 0 Å². The van der Waals surface area contributed by atoms with E-state index in [1.165, 1.54) is 0 Å². The van der Waals surface area contributed by atoms with Crippen molar-refractivity contribution in [3.05, 3.63) is 18.2 Å². The summed E-state index contributed by atoms with van der Waals surface area (Å²) in [5.41, 5.74) is 0. The molecule has 0 radical (unpaired) electrons. The zero-order valence-corrected chi connectivity index (χ0v) is 10.9. The molecule has 0 amide bonds. The van der Waals surface area contributed by atoms with E-state index in [4.69, 9.17) is 0 Å². The molecule has 0 aliphatic carbocycles. The van der Waals surface area contributed by atoms with Gasteiger partial charge in [0.2, 0.25) is 0 Å². The molecule has 92 valence electrons. The maximum absolute atomic E-state index is 4.22. The maximum atomic E-state index is 4.22. The first-order chi connectivity index (χ1) is 7.63. The molecule has 4 nitrogen and oxygen atoms in total. The number of hydrogen-bond donors (Lipinski definition) is 1. The Labute approximate surface area is 98.7 Å². The van der Waals surface area contributed by atoms with Crippen LogP contribution in [0.5, 0.6) is 0 Å². The van der Waals surface area contributed by atoms with Gasteiger partial charge < -0.3 is 14.8 Å². The average molecular weight is 224 g/mol. The number of imidazole rings is 1. The van der Waals surface area contributed by atoms with Crippen LogP contribution in [0.15, 0.2) is 12.4 Å². The first-order valence-corrected chi connectivity index (χ1v) is 5.94. The Morgan fingerprint density at radius 3 is 2.88 bits per heavy atom. The van der Waals surface area contributed by atoms with Crippen molar-refractivity contribution in [1.82, 2.24) is 19.8 Å². The van der Waals surface area contributed by atoms with Crippen molar-refractivity contribution in [2.24, 2.45) is 5.92 Å². The molecule has 1 rings (SSSR count). The molecule has 1 aromatic rings. The second-order valence-corrected chi connectivity index (χ2v) is 4.59. The van der Waals surface area contributed by atoms with E-state index >= 15 is 0 Å². The molecular weight excluding hydrogens is 200 g/mol. The highest BCUT2D eigenvalue weighted by Crippen LogP contribution is 1.99. The van der Waals surface area contributed by atoms with Gasteiger partial charge in [0.1, 0.15) is 5.82 Å². The fourth-order valence-corrected chi connectivity index (χ4v) is 1.95. The van der Waals surface area contributed by atoms with Gasteiger partial charge in [-0.15, -0.1) is 0 Å². The van der Waals surface area contributed by atoms with Gasteiger partial charge in [0.25, 0.3) is 0 Å². The summed E-state index contributed by atoms with van der Waals surface area (Å²) in [4.78, 5) is 6.60. The van der Waals surface area contributed by atoms with E-state index in [-0.39, 0.29) is 0 Å². The summed E-state index contributed by atoms with van der Waals surface area (Å²) in [6.07, 6.45) is 3.90. The molecule has 0 aliphatic heterocycles. The molecule has 1 heterocycles. The molecule has 0 aromatic carbocycles. The molecule has 0 saturated carbocycles. The molecule has 1 unspecified atom stereocenters. The number of likely N-dealkylation sites (N-methyl/N-ethyl adjacent to an activating group) is 1. The van der Waals surface area contributed by atoms with Crippen LogP contribution in [0.3, 0.4) is 0 Å². The number of nitrogens with zero attached hydrogens (tertiary/aromatic N) is 3. The topological polar surface area (TPSA) is 33.1 Å². The third-order valence-corrected chi connectivity index (χ3v) is 2.82. The number of hydrogen-bond acceptors (Lipinski definition) is 3. The quantitative estimate of drug-likeness (QED) is 0.749. The lowest BCUT2D eigenvalue weighted by Gasteiger charge is -2.21. The first-order valence-electron chi connectivity index (χ1n) is 5.94. The van der Waals surface area contributed by atoms with Crippen LogP contribution >= 0.6 is 0 Å². The standard InChI is InChI=1S/C12H24N4/c1-11(9-13-3)10-15(4)7-8-16-6-5-14-12(16)2/h5-6,11,13H,7-10H2,1-4H3. The smallest absolute Gasteiger partial charge is 0.105 e. The molecule has 0 saturated heterocycles. The predicted octanol–water partition coefficient (Wildman–Crippen LogP) is 0.979. The van der Waals surface area contributed by atoms with Crippen LogP contribution in [0, 0.1) is 12.8 Å². The van der Waals surface area contributed by atoms with Crippen molar-refractivity contribution in [3.63, 3.8) is 0 Å². The third-order valence-electron chi connectivity index (χ3n) is 2.82. The Kier molecular flexibility index (Phi) is 5.49. The first kappa shape index (κ1) is 13.2. The monoisotopic (exact) mass is 224 g/mol. The summed E-state index contributed by atoms with van der Waals surface area (Å²) in [6.45, 7) is 8.63. The number of nitrogens with one attached hydrogen (secondary N) is 1. The van der Waals surface area contributed by atoms with Crippen LogP contribution in [0.1, 0.15) is 12.7 Å². The van der Waals surface area contributed by atoms with Crippen LogP contribution in [0.25, 0.3) is 0 Å². The predicted molar refractivity (Wildman–Crippen MR) is 67.6 cm³/mol. The average Bonchev–Trinajstić information content (AvgIpc) is 2.61. The Hall–Kier alpha value is -0.870. The van der Waals surface area contributed by atoms with Crippen LogP contribution in [0.4, 0.5) is 0 Å². The van der Waals surface area contributed by atoms with E-state index in [1.54, 1.807) is 0 Å². The molecule has 16 heavy (non-hydrogen) atoms. The van der Waals surface area contributed by atoms with Crippen LogP contribution in [-0.2, 0) is 6.54 Å². The highest BCUT2D eigenvalue weighted by atomic mass is 15.1. The van der Waals surface area contributed by atoms with Gasteiger partial charge in [0, 0.05) is 32.0 Å². The van der Waals surface area contributed by atoms with Gasteiger partial charge in [-0.25, -0.2) is 4.98 Å². The number of aromatic nitrogens is 2. The lowest BCUT2D eigenvalue weighted by atomic mass is 10.1. The summed E-state index contributed by atoms with van der Waals surface area (Å²) in [5.74, 6) is 1.79. The van der Waals surface area contributed by atoms with Crippen LogP contribution < -0.4 is 5.32 Å². The molecule has 1 aromatic heterocycles. The van der Waals surface area contributed by atoms with E-state index in [9.17, 15) is 0 Å². The molecule has 0 fully saturated rings. The Morgan fingerprint density at radius 1 is 1.56 bits per heavy atom. The number of rotatable bonds is 7. The molecule has 0 bridgehead atoms. The van der Waals surface area contributed by atoms with Crippen LogP contribution in [0.2, 0.25) is 0 Å². The molecular formula is C12H24N4. The van der Waals surface area contributed by atoms with Crippen molar-refractivity contribution >= 4 is 0 Å². The molecule has 1 atom stereocenters. The second kappa shape index (κ2) is 6.66. The minimum Gasteiger partial charge on any atom is -0.334 e. The minimum atomic E-state index is 0.693. The molecule has 4 heteroatoms. The van der Waals surface area contributed by atoms with E-state index < -0.39 is 0 Å². The van der Waals surface area contributed by atoms with E-state index in [0.717, 1.165) is 32.0 Å². The van der Waals surface area contributed by atoms with Crippen molar-refractivity contribution < 1.29 is 0 Å². The highest BCUT2D eigenvalue weighted by Gasteiger charge is 2.05. The largest absolute Gasteiger partial charge is 0.334 e. The van der Waals surface area contributed by atoms with E-state index in [2.05, 4.69) is 33.7 Å². The van der Waals surface area contributed by atoms with Crippen molar-refractivity contribution in [2.75, 3.05) is 33.7 Å². The van der Waals surface area contributed by atoms with E-state index in [0.29, 0.717) is 5.92 Å². The molecule has 0 aliphatic rings. The fraction of sp³-hybridized carbons (Fsp3) is 0.750. The highest BCUT2D eigenvalue weighted by molar-refractivity contribution is 4.88. The summed E-state index contributed by atoms with van der Waals surface area (Å²) in [5, 5.41) is 3.21. The van der Waals surface area contributed by atoms with Gasteiger partial charge in [-0.05, 0) is 33.5 Å². The zero-order valence-electron chi connectivity index (χ0n) is 10.9. The van der Waals surface area contributed by atoms with Gasteiger partial charge in [-0.1, -0.05) is 6.92 Å². The maximum Gasteiger partial charge on any atom is 0.105 e. The van der Waals surface area contributed by atoms with Crippen molar-refractivity contribution in [2.45, 2.75) is 20.4 Å². The van der Waals surface area contributed by atoms with Crippen LogP contribution in [-0.4, -0.2) is 48.2 Å². The lowest BCUT2D eigenvalue weighted by Crippen LogP contribution is -2.31. The Bertz CT molecular complexity index is 295. The number of aryl methyl sites for hydroxylation is 1. The van der Waals surface area contributed by atoms with E-state index in [1.807, 2.05) is 26.4 Å². The second-order valence-electron chi connectivity index (χ2n) is 4.59. The SMILES string of the molecule is CNCC(C)CN(C)CCn1ccnc1C. The Balaban J connectivity index is 2.25. The van der Waals surface area contributed by atoms with Gasteiger partial charge >= 0.3 is 0 Å². The summed E-state index contributed by atoms with van der Waals surface area (Å²) >= 11 is 0. The van der Waals surface area contributed by atoms with Gasteiger partial charge in [-0.3, -0.25) is 0 Å².